The summed E-state index contributed by atoms with van der Waals surface area (Å²) in [5, 5.41) is 6.21. The van der Waals surface area contributed by atoms with E-state index in [0.717, 1.165) is 65.9 Å². The van der Waals surface area contributed by atoms with E-state index < -0.39 is 0 Å². The number of nitrogens with zero attached hydrogens (tertiary/aromatic N) is 4. The summed E-state index contributed by atoms with van der Waals surface area (Å²) in [6.07, 6.45) is 7.00. The van der Waals surface area contributed by atoms with Crippen molar-refractivity contribution in [1.82, 2.24) is 14.7 Å². The van der Waals surface area contributed by atoms with E-state index in [0.29, 0.717) is 22.3 Å². The summed E-state index contributed by atoms with van der Waals surface area (Å²) >= 11 is 7.99. The predicted octanol–water partition coefficient (Wildman–Crippen LogP) is 6.68. The minimum absolute atomic E-state index is 0.201. The number of aliphatic imine (C=N–C) groups is 1. The molecule has 1 saturated heterocycles. The van der Waals surface area contributed by atoms with Crippen LogP contribution in [-0.2, 0) is 4.79 Å². The zero-order chi connectivity index (χ0) is 25.1. The van der Waals surface area contributed by atoms with Gasteiger partial charge in [-0.25, -0.2) is 4.68 Å². The van der Waals surface area contributed by atoms with Crippen LogP contribution in [0.25, 0.3) is 23.0 Å². The Labute approximate surface area is 221 Å². The number of benzene rings is 2. The molecule has 6 nitrogen and oxygen atoms in total. The van der Waals surface area contributed by atoms with Gasteiger partial charge in [0.25, 0.3) is 5.91 Å². The molecule has 3 heterocycles. The van der Waals surface area contributed by atoms with Gasteiger partial charge in [0, 0.05) is 30.4 Å². The summed E-state index contributed by atoms with van der Waals surface area (Å²) < 4.78 is 7.57. The third-order valence-corrected chi connectivity index (χ3v) is 7.72. The normalized spacial score (nSPS) is 17.6. The van der Waals surface area contributed by atoms with Gasteiger partial charge in [-0.2, -0.15) is 10.1 Å². The fourth-order valence-electron chi connectivity index (χ4n) is 4.28. The van der Waals surface area contributed by atoms with Crippen LogP contribution in [0.5, 0.6) is 5.75 Å². The van der Waals surface area contributed by atoms with E-state index in [9.17, 15) is 4.79 Å². The number of rotatable bonds is 6. The fraction of sp³-hybridized carbons (Fsp3) is 0.321. The van der Waals surface area contributed by atoms with Crippen LogP contribution in [-0.4, -0.2) is 45.5 Å². The third kappa shape index (κ3) is 5.37. The molecule has 3 aromatic rings. The van der Waals surface area contributed by atoms with Crippen molar-refractivity contribution >= 4 is 40.5 Å². The van der Waals surface area contributed by atoms with Gasteiger partial charge in [-0.15, -0.1) is 0 Å². The van der Waals surface area contributed by atoms with E-state index in [4.69, 9.17) is 21.4 Å². The number of halogens is 1. The third-order valence-electron chi connectivity index (χ3n) is 6.38. The Bertz CT molecular complexity index is 1310. The number of hydrogen-bond acceptors (Lipinski definition) is 5. The fourth-order valence-corrected chi connectivity index (χ4v) is 5.47. The number of thioether (sulfide) groups is 1. The molecule has 0 unspecified atom stereocenters. The molecule has 0 atom stereocenters. The smallest absolute Gasteiger partial charge is 0.286 e. The summed E-state index contributed by atoms with van der Waals surface area (Å²) in [7, 11) is 0. The topological polar surface area (TPSA) is 59.7 Å². The van der Waals surface area contributed by atoms with Crippen LogP contribution in [0.3, 0.4) is 0 Å². The van der Waals surface area contributed by atoms with Crippen molar-refractivity contribution in [2.75, 3.05) is 19.7 Å². The lowest BCUT2D eigenvalue weighted by molar-refractivity contribution is -0.113. The number of carbonyl (C=O) groups is 1. The maximum absolute atomic E-state index is 12.9. The first-order valence-corrected chi connectivity index (χ1v) is 13.6. The SMILES string of the molecule is CCCOc1ccc(-c2nn(-c3ccccc3)cc2C=C2SC(N3CCC(C)CC3)=NC2=O)cc1Cl. The summed E-state index contributed by atoms with van der Waals surface area (Å²) in [6.45, 7) is 6.82. The number of amides is 1. The molecular weight excluding hydrogens is 492 g/mol. The molecule has 2 aliphatic heterocycles. The van der Waals surface area contributed by atoms with E-state index in [-0.39, 0.29) is 5.91 Å². The van der Waals surface area contributed by atoms with Crippen molar-refractivity contribution < 1.29 is 9.53 Å². The molecule has 8 heteroatoms. The first-order valence-electron chi connectivity index (χ1n) is 12.4. The van der Waals surface area contributed by atoms with Crippen LogP contribution in [0.15, 0.2) is 64.6 Å². The average molecular weight is 521 g/mol. The van der Waals surface area contributed by atoms with Crippen LogP contribution in [0.1, 0.15) is 38.7 Å². The van der Waals surface area contributed by atoms with Gasteiger partial charge in [-0.1, -0.05) is 43.6 Å². The number of amidine groups is 1. The first kappa shape index (κ1) is 24.7. The number of para-hydroxylation sites is 1. The molecule has 2 aliphatic rings. The monoisotopic (exact) mass is 520 g/mol. The molecule has 186 valence electrons. The second-order valence-electron chi connectivity index (χ2n) is 9.19. The second kappa shape index (κ2) is 10.9. The Morgan fingerprint density at radius 3 is 2.67 bits per heavy atom. The number of ether oxygens (including phenoxy) is 1. The molecule has 2 aromatic carbocycles. The second-order valence-corrected chi connectivity index (χ2v) is 10.6. The highest BCUT2D eigenvalue weighted by Crippen LogP contribution is 2.36. The minimum Gasteiger partial charge on any atom is -0.492 e. The Hall–Kier alpha value is -3.03. The van der Waals surface area contributed by atoms with Crippen LogP contribution in [0.4, 0.5) is 0 Å². The lowest BCUT2D eigenvalue weighted by atomic mass is 10.00. The van der Waals surface area contributed by atoms with Crippen molar-refractivity contribution in [3.63, 3.8) is 0 Å². The molecule has 0 saturated carbocycles. The van der Waals surface area contributed by atoms with E-state index in [1.807, 2.05) is 65.5 Å². The molecule has 36 heavy (non-hydrogen) atoms. The van der Waals surface area contributed by atoms with Crippen molar-refractivity contribution in [3.8, 4) is 22.7 Å². The van der Waals surface area contributed by atoms with Crippen LogP contribution < -0.4 is 4.74 Å². The summed E-state index contributed by atoms with van der Waals surface area (Å²) in [5.74, 6) is 1.17. The maximum atomic E-state index is 12.9. The number of likely N-dealkylation sites (tertiary alicyclic amines) is 1. The van der Waals surface area contributed by atoms with Gasteiger partial charge in [0.15, 0.2) is 5.17 Å². The molecule has 0 radical (unpaired) electrons. The van der Waals surface area contributed by atoms with E-state index in [1.165, 1.54) is 11.8 Å². The van der Waals surface area contributed by atoms with E-state index in [1.54, 1.807) is 0 Å². The Morgan fingerprint density at radius 2 is 1.94 bits per heavy atom. The highest BCUT2D eigenvalue weighted by atomic mass is 35.5. The van der Waals surface area contributed by atoms with Gasteiger partial charge in [-0.05, 0) is 73.4 Å². The molecule has 0 bridgehead atoms. The molecule has 1 fully saturated rings. The van der Waals surface area contributed by atoms with Gasteiger partial charge in [0.2, 0.25) is 0 Å². The van der Waals surface area contributed by atoms with E-state index >= 15 is 0 Å². The van der Waals surface area contributed by atoms with Crippen molar-refractivity contribution in [2.24, 2.45) is 10.9 Å². The van der Waals surface area contributed by atoms with Crippen LogP contribution in [0, 0.1) is 5.92 Å². The Kier molecular flexibility index (Phi) is 7.48. The van der Waals surface area contributed by atoms with Gasteiger partial charge in [0.05, 0.1) is 22.2 Å². The largest absolute Gasteiger partial charge is 0.492 e. The van der Waals surface area contributed by atoms with Gasteiger partial charge in [-0.3, -0.25) is 4.79 Å². The first-order chi connectivity index (χ1) is 17.5. The Morgan fingerprint density at radius 1 is 1.17 bits per heavy atom. The van der Waals surface area contributed by atoms with Gasteiger partial charge in [0.1, 0.15) is 11.4 Å². The quantitative estimate of drug-likeness (QED) is 0.339. The van der Waals surface area contributed by atoms with Crippen molar-refractivity contribution in [3.05, 3.63) is 70.2 Å². The van der Waals surface area contributed by atoms with Crippen LogP contribution >= 0.6 is 23.4 Å². The average Bonchev–Trinajstić information content (AvgIpc) is 3.48. The van der Waals surface area contributed by atoms with Gasteiger partial charge >= 0.3 is 0 Å². The molecular formula is C28H29ClN4O2S. The predicted molar refractivity (Wildman–Crippen MR) is 148 cm³/mol. The summed E-state index contributed by atoms with van der Waals surface area (Å²) in [6, 6.07) is 15.6. The molecule has 0 N–H and O–H groups in total. The molecule has 5 rings (SSSR count). The number of hydrogen-bond donors (Lipinski definition) is 0. The lowest BCUT2D eigenvalue weighted by Crippen LogP contribution is -2.35. The summed E-state index contributed by atoms with van der Waals surface area (Å²) in [5.41, 5.74) is 3.36. The van der Waals surface area contributed by atoms with Crippen molar-refractivity contribution in [1.29, 1.82) is 0 Å². The zero-order valence-corrected chi connectivity index (χ0v) is 22.1. The van der Waals surface area contributed by atoms with Gasteiger partial charge < -0.3 is 9.64 Å². The van der Waals surface area contributed by atoms with Crippen molar-refractivity contribution in [2.45, 2.75) is 33.1 Å². The highest BCUT2D eigenvalue weighted by Gasteiger charge is 2.29. The number of aromatic nitrogens is 2. The Balaban J connectivity index is 1.48. The number of piperidine rings is 1. The zero-order valence-electron chi connectivity index (χ0n) is 20.5. The minimum atomic E-state index is -0.201. The van der Waals surface area contributed by atoms with Crippen LogP contribution in [0.2, 0.25) is 5.02 Å². The molecule has 0 aliphatic carbocycles. The highest BCUT2D eigenvalue weighted by molar-refractivity contribution is 8.18. The number of carbonyl (C=O) groups excluding carboxylic acids is 1. The van der Waals surface area contributed by atoms with E-state index in [2.05, 4.69) is 23.7 Å². The summed E-state index contributed by atoms with van der Waals surface area (Å²) in [4.78, 5) is 20.1. The standard InChI is InChI=1S/C28H29ClN4O2S/c1-3-15-35-24-10-9-20(16-23(24)29)26-21(18-33(31-26)22-7-5-4-6-8-22)17-25-27(34)30-28(36-25)32-13-11-19(2)12-14-32/h4-10,16-19H,3,11-15H2,1-2H3. The maximum Gasteiger partial charge on any atom is 0.286 e. The molecule has 1 aromatic heterocycles. The molecule has 0 spiro atoms. The lowest BCUT2D eigenvalue weighted by Gasteiger charge is -2.30. The molecule has 1 amide bonds.